The van der Waals surface area contributed by atoms with E-state index in [1.807, 2.05) is 26.1 Å². The van der Waals surface area contributed by atoms with Gasteiger partial charge in [0.1, 0.15) is 22.9 Å². The van der Waals surface area contributed by atoms with Crippen LogP contribution >= 0.6 is 7.37 Å². The third-order valence-corrected chi connectivity index (χ3v) is 7.94. The molecule has 2 rings (SSSR count). The second-order valence-electron chi connectivity index (χ2n) is 6.87. The first kappa shape index (κ1) is 23.5. The number of carbonyl (C=O) groups is 2. The van der Waals surface area contributed by atoms with Crippen LogP contribution in [0.15, 0.2) is 36.4 Å². The second-order valence-corrected chi connectivity index (χ2v) is 10.0. The lowest BCUT2D eigenvalue weighted by Gasteiger charge is -2.24. The number of benzene rings is 2. The van der Waals surface area contributed by atoms with Crippen LogP contribution in [0.25, 0.3) is 0 Å². The maximum absolute atomic E-state index is 13.7. The summed E-state index contributed by atoms with van der Waals surface area (Å²) >= 11 is 0. The maximum Gasteiger partial charge on any atom is 0.326 e. The number of nitrogens with one attached hydrogen (secondary N) is 2. The number of rotatable bonds is 7. The van der Waals surface area contributed by atoms with E-state index in [2.05, 4.69) is 5.32 Å². The molecule has 30 heavy (non-hydrogen) atoms. The molecule has 3 amide bonds. The van der Waals surface area contributed by atoms with Crippen LogP contribution in [-0.4, -0.2) is 23.8 Å². The van der Waals surface area contributed by atoms with Crippen LogP contribution < -0.4 is 15.2 Å². The fourth-order valence-electron chi connectivity index (χ4n) is 2.79. The Morgan fingerprint density at radius 2 is 1.77 bits per heavy atom. The summed E-state index contributed by atoms with van der Waals surface area (Å²) in [7, 11) is -2.85. The van der Waals surface area contributed by atoms with Gasteiger partial charge in [0.15, 0.2) is 0 Å². The van der Waals surface area contributed by atoms with Crippen molar-refractivity contribution in [2.45, 2.75) is 39.8 Å². The van der Waals surface area contributed by atoms with E-state index in [-0.39, 0.29) is 5.66 Å². The van der Waals surface area contributed by atoms with Crippen molar-refractivity contribution in [2.75, 3.05) is 11.5 Å². The first-order valence-corrected chi connectivity index (χ1v) is 11.4. The standard InChI is InChI=1S/C21H25F2N2O4P/c1-5-14(4)30(28,6-2)29-15-10-11-18(13(3)12-15)24-21(27)25-20(26)19-16(22)8-7-9-17(19)23/h7-12,14H,5-6H2,1-4H3,(H2,24,25,26,27)/t14-,30?/m0/s1. The van der Waals surface area contributed by atoms with Gasteiger partial charge in [0.25, 0.3) is 5.91 Å². The Balaban J connectivity index is 2.10. The van der Waals surface area contributed by atoms with Crippen LogP contribution in [0.1, 0.15) is 43.1 Å². The lowest BCUT2D eigenvalue weighted by atomic mass is 10.2. The third-order valence-electron chi connectivity index (χ3n) is 4.83. The number of carbonyl (C=O) groups excluding carboxylic acids is 2. The quantitative estimate of drug-likeness (QED) is 0.543. The molecule has 2 atom stereocenters. The summed E-state index contributed by atoms with van der Waals surface area (Å²) in [5.74, 6) is -2.93. The molecule has 2 aromatic rings. The van der Waals surface area contributed by atoms with Crippen LogP contribution in [0.2, 0.25) is 0 Å². The van der Waals surface area contributed by atoms with Crippen molar-refractivity contribution >= 4 is 25.0 Å². The molecule has 0 radical (unpaired) electrons. The van der Waals surface area contributed by atoms with Crippen molar-refractivity contribution in [2.24, 2.45) is 0 Å². The van der Waals surface area contributed by atoms with Crippen LogP contribution in [0.4, 0.5) is 19.3 Å². The van der Waals surface area contributed by atoms with Crippen molar-refractivity contribution in [1.29, 1.82) is 0 Å². The highest BCUT2D eigenvalue weighted by Crippen LogP contribution is 2.52. The maximum atomic E-state index is 13.7. The van der Waals surface area contributed by atoms with Gasteiger partial charge in [0.05, 0.1) is 0 Å². The van der Waals surface area contributed by atoms with E-state index in [1.54, 1.807) is 19.1 Å². The minimum atomic E-state index is -2.85. The Morgan fingerprint density at radius 1 is 1.13 bits per heavy atom. The van der Waals surface area contributed by atoms with E-state index in [0.717, 1.165) is 24.6 Å². The number of amides is 3. The van der Waals surface area contributed by atoms with Gasteiger partial charge in [-0.25, -0.2) is 13.6 Å². The smallest absolute Gasteiger partial charge is 0.326 e. The summed E-state index contributed by atoms with van der Waals surface area (Å²) in [6, 6.07) is 6.74. The summed E-state index contributed by atoms with van der Waals surface area (Å²) in [6.45, 7) is 7.34. The van der Waals surface area contributed by atoms with Crippen LogP contribution in [0, 0.1) is 18.6 Å². The van der Waals surface area contributed by atoms with E-state index >= 15 is 0 Å². The lowest BCUT2D eigenvalue weighted by molar-refractivity contribution is 0.0959. The summed E-state index contributed by atoms with van der Waals surface area (Å²) in [4.78, 5) is 24.1. The SMILES string of the molecule is CC[C@H](C)P(=O)(CC)Oc1ccc(NC(=O)NC(=O)c2c(F)cccc2F)c(C)c1. The Hall–Kier alpha value is -2.73. The molecule has 0 aromatic heterocycles. The van der Waals surface area contributed by atoms with Crippen molar-refractivity contribution in [3.63, 3.8) is 0 Å². The number of imide groups is 1. The van der Waals surface area contributed by atoms with Gasteiger partial charge in [-0.1, -0.05) is 26.8 Å². The van der Waals surface area contributed by atoms with Gasteiger partial charge >= 0.3 is 6.03 Å². The van der Waals surface area contributed by atoms with E-state index in [4.69, 9.17) is 4.52 Å². The molecule has 0 spiro atoms. The van der Waals surface area contributed by atoms with E-state index < -0.39 is 36.5 Å². The number of urea groups is 1. The molecular weight excluding hydrogens is 413 g/mol. The predicted molar refractivity (Wildman–Crippen MR) is 113 cm³/mol. The van der Waals surface area contributed by atoms with E-state index in [0.29, 0.717) is 23.2 Å². The molecule has 6 nitrogen and oxygen atoms in total. The highest BCUT2D eigenvalue weighted by Gasteiger charge is 2.29. The van der Waals surface area contributed by atoms with E-state index in [1.165, 1.54) is 6.07 Å². The number of anilines is 1. The second kappa shape index (κ2) is 9.85. The molecule has 2 N–H and O–H groups in total. The first-order valence-electron chi connectivity index (χ1n) is 9.56. The Morgan fingerprint density at radius 3 is 2.30 bits per heavy atom. The minimum Gasteiger partial charge on any atom is -0.443 e. The molecule has 162 valence electrons. The van der Waals surface area contributed by atoms with Gasteiger partial charge in [-0.05, 0) is 49.2 Å². The van der Waals surface area contributed by atoms with Gasteiger partial charge in [-0.2, -0.15) is 0 Å². The first-order chi connectivity index (χ1) is 14.1. The molecule has 0 aliphatic rings. The largest absolute Gasteiger partial charge is 0.443 e. The number of hydrogen-bond acceptors (Lipinski definition) is 4. The molecule has 2 aromatic carbocycles. The highest BCUT2D eigenvalue weighted by atomic mass is 31.2. The van der Waals surface area contributed by atoms with Gasteiger partial charge in [-0.15, -0.1) is 0 Å². The van der Waals surface area contributed by atoms with Gasteiger partial charge in [0, 0.05) is 17.5 Å². The van der Waals surface area contributed by atoms with Crippen LogP contribution in [0.3, 0.4) is 0 Å². The monoisotopic (exact) mass is 438 g/mol. The van der Waals surface area contributed by atoms with Crippen LogP contribution in [-0.2, 0) is 4.57 Å². The fraction of sp³-hybridized carbons (Fsp3) is 0.333. The molecule has 9 heteroatoms. The molecule has 0 bridgehead atoms. The van der Waals surface area contributed by atoms with Gasteiger partial charge < -0.3 is 9.84 Å². The molecule has 0 saturated heterocycles. The van der Waals surface area contributed by atoms with Crippen molar-refractivity contribution in [3.05, 3.63) is 59.2 Å². The summed E-state index contributed by atoms with van der Waals surface area (Å²) in [6.07, 6.45) is 1.12. The number of aryl methyl sites for hydroxylation is 1. The molecule has 1 unspecified atom stereocenters. The van der Waals surface area contributed by atoms with Crippen LogP contribution in [0.5, 0.6) is 5.75 Å². The lowest BCUT2D eigenvalue weighted by Crippen LogP contribution is -2.35. The molecule has 0 aliphatic carbocycles. The zero-order valence-corrected chi connectivity index (χ0v) is 18.2. The predicted octanol–water partition coefficient (Wildman–Crippen LogP) is 5.71. The molecular formula is C21H25F2N2O4P. The Kier molecular flexibility index (Phi) is 7.73. The third kappa shape index (κ3) is 5.45. The van der Waals surface area contributed by atoms with Gasteiger partial charge in [-0.3, -0.25) is 14.7 Å². The molecule has 0 aliphatic heterocycles. The Labute approximate surface area is 174 Å². The van der Waals surface area contributed by atoms with E-state index in [9.17, 15) is 22.9 Å². The summed E-state index contributed by atoms with van der Waals surface area (Å²) in [5, 5.41) is 4.34. The molecule has 0 saturated carbocycles. The van der Waals surface area contributed by atoms with Crippen molar-refractivity contribution < 1.29 is 27.5 Å². The number of halogens is 2. The van der Waals surface area contributed by atoms with Crippen molar-refractivity contribution in [1.82, 2.24) is 5.32 Å². The fourth-order valence-corrected chi connectivity index (χ4v) is 4.75. The molecule has 0 fully saturated rings. The average Bonchev–Trinajstić information content (AvgIpc) is 2.69. The minimum absolute atomic E-state index is 0.0869. The number of hydrogen-bond donors (Lipinski definition) is 2. The zero-order valence-electron chi connectivity index (χ0n) is 17.3. The normalized spacial score (nSPS) is 13.8. The summed E-state index contributed by atoms with van der Waals surface area (Å²) < 4.78 is 46.1. The highest BCUT2D eigenvalue weighted by molar-refractivity contribution is 7.60. The topological polar surface area (TPSA) is 84.5 Å². The molecule has 0 heterocycles. The summed E-state index contributed by atoms with van der Waals surface area (Å²) in [5.41, 5.74) is 0.0279. The zero-order chi connectivity index (χ0) is 22.5. The Bertz CT molecular complexity index is 977. The average molecular weight is 438 g/mol. The van der Waals surface area contributed by atoms with Gasteiger partial charge in [0.2, 0.25) is 7.37 Å². The van der Waals surface area contributed by atoms with Crippen molar-refractivity contribution in [3.8, 4) is 5.75 Å².